The van der Waals surface area contributed by atoms with E-state index in [2.05, 4.69) is 133 Å². The zero-order valence-corrected chi connectivity index (χ0v) is 29.0. The number of aryl methyl sites for hydroxylation is 3. The summed E-state index contributed by atoms with van der Waals surface area (Å²) in [4.78, 5) is 9.93. The van der Waals surface area contributed by atoms with E-state index in [1.165, 1.54) is 33.0 Å². The molecule has 3 aromatic heterocycles. The van der Waals surface area contributed by atoms with E-state index in [9.17, 15) is 0 Å². The molecule has 0 fully saturated rings. The van der Waals surface area contributed by atoms with Crippen LogP contribution in [0, 0.1) is 32.9 Å². The first-order valence-electron chi connectivity index (χ1n) is 16.2. The van der Waals surface area contributed by atoms with E-state index in [1.54, 1.807) is 0 Å². The number of hydrogen-bond acceptors (Lipinski definition) is 3. The summed E-state index contributed by atoms with van der Waals surface area (Å²) in [6, 6.07) is 42.4. The first-order chi connectivity index (χ1) is 23.0. The Morgan fingerprint density at radius 3 is 2.29 bits per heavy atom. The molecule has 0 unspecified atom stereocenters. The molecule has 48 heavy (non-hydrogen) atoms. The van der Waals surface area contributed by atoms with Gasteiger partial charge in [-0.2, -0.15) is 6.07 Å². The molecule has 10 rings (SSSR count). The third kappa shape index (κ3) is 4.27. The molecule has 8 aromatic rings. The van der Waals surface area contributed by atoms with Crippen LogP contribution < -0.4 is 0 Å². The third-order valence-electron chi connectivity index (χ3n) is 9.87. The molecular weight excluding hydrogens is 772 g/mol. The number of benzene rings is 5. The van der Waals surface area contributed by atoms with Crippen LogP contribution in [0.1, 0.15) is 39.5 Å². The van der Waals surface area contributed by atoms with Gasteiger partial charge in [-0.3, -0.25) is 4.99 Å². The fraction of sp³-hybridized carbons (Fsp3) is 0.143. The molecule has 0 saturated heterocycles. The van der Waals surface area contributed by atoms with Crippen LogP contribution in [0.15, 0.2) is 108 Å². The van der Waals surface area contributed by atoms with Crippen LogP contribution in [0.2, 0.25) is 0 Å². The standard InChI is InChI=1S/C42H30N4O.Pt/c1-24-10-14-37-34(19-24)32-13-12-29(46-38-15-11-25(2)20-35(38)33-9-6-16-43-41(33)46)23-39(32)45(37)30-18-26(3)17-28(21-30)42-44-36-22-27-7-4-5-8-31(27)40(36)47-42;/h4-20,36,40H,22H2,1-3H3;/q-2;+2/t36-,40+;/m1./s1. The Hall–Kier alpha value is -4.99. The number of rotatable bonds is 3. The van der Waals surface area contributed by atoms with Gasteiger partial charge < -0.3 is 13.9 Å². The smallest absolute Gasteiger partial charge is 0.510 e. The molecule has 0 bridgehead atoms. The fourth-order valence-corrected chi connectivity index (χ4v) is 7.79. The SMILES string of the molecule is Cc1cc(C2=N[C@@H]3Cc4ccccc4[C@@H]3O2)[c-]c(-n2c3[c-]c(-n4c5ccc(C)cc5c5cccnc54)ccc3c3cc(C)ccc32)c1.[Pt+2]. The van der Waals surface area contributed by atoms with E-state index >= 15 is 0 Å². The van der Waals surface area contributed by atoms with Gasteiger partial charge in [-0.05, 0) is 72.8 Å². The molecule has 6 heteroatoms. The summed E-state index contributed by atoms with van der Waals surface area (Å²) in [6.07, 6.45) is 2.74. The maximum atomic E-state index is 6.57. The van der Waals surface area contributed by atoms with Crippen LogP contribution in [0.3, 0.4) is 0 Å². The summed E-state index contributed by atoms with van der Waals surface area (Å²) >= 11 is 0. The van der Waals surface area contributed by atoms with Crippen LogP contribution >= 0.6 is 0 Å². The average molecular weight is 802 g/mol. The van der Waals surface area contributed by atoms with E-state index in [0.717, 1.165) is 61.9 Å². The maximum Gasteiger partial charge on any atom is 2.00 e. The van der Waals surface area contributed by atoms with E-state index in [1.807, 2.05) is 12.3 Å². The monoisotopic (exact) mass is 801 g/mol. The van der Waals surface area contributed by atoms with E-state index < -0.39 is 0 Å². The Labute approximate surface area is 292 Å². The summed E-state index contributed by atoms with van der Waals surface area (Å²) in [5.41, 5.74) is 13.1. The number of fused-ring (bicyclic) bond motifs is 9. The van der Waals surface area contributed by atoms with Crippen LogP contribution in [0.4, 0.5) is 0 Å². The second-order valence-corrected chi connectivity index (χ2v) is 13.1. The molecule has 234 valence electrons. The van der Waals surface area contributed by atoms with E-state index in [-0.39, 0.29) is 33.2 Å². The van der Waals surface area contributed by atoms with Gasteiger partial charge in [-0.25, -0.2) is 4.98 Å². The van der Waals surface area contributed by atoms with Crippen LogP contribution in [0.25, 0.3) is 55.1 Å². The molecule has 2 atom stereocenters. The van der Waals surface area contributed by atoms with Crippen molar-refractivity contribution >= 4 is 49.6 Å². The van der Waals surface area contributed by atoms with Gasteiger partial charge in [0.05, 0.1) is 11.6 Å². The molecule has 0 saturated carbocycles. The van der Waals surface area contributed by atoms with Gasteiger partial charge in [0.2, 0.25) is 0 Å². The number of aromatic nitrogens is 3. The summed E-state index contributed by atoms with van der Waals surface area (Å²) in [5, 5.41) is 4.67. The van der Waals surface area contributed by atoms with Crippen LogP contribution in [-0.4, -0.2) is 26.1 Å². The Morgan fingerprint density at radius 1 is 0.688 bits per heavy atom. The molecule has 1 aliphatic carbocycles. The summed E-state index contributed by atoms with van der Waals surface area (Å²) in [5.74, 6) is 0.674. The normalized spacial score (nSPS) is 16.7. The molecule has 0 amide bonds. The molecule has 0 radical (unpaired) electrons. The molecule has 0 spiro atoms. The predicted octanol–water partition coefficient (Wildman–Crippen LogP) is 9.24. The van der Waals surface area contributed by atoms with Gasteiger partial charge >= 0.3 is 21.1 Å². The number of aliphatic imine (C=N–C) groups is 1. The zero-order chi connectivity index (χ0) is 31.4. The van der Waals surface area contributed by atoms with Crippen molar-refractivity contribution in [2.45, 2.75) is 39.3 Å². The molecule has 1 aliphatic heterocycles. The van der Waals surface area contributed by atoms with Gasteiger partial charge in [-0.15, -0.1) is 41.3 Å². The maximum absolute atomic E-state index is 6.57. The van der Waals surface area contributed by atoms with Crippen molar-refractivity contribution in [2.75, 3.05) is 0 Å². The van der Waals surface area contributed by atoms with Crippen molar-refractivity contribution < 1.29 is 25.8 Å². The average Bonchev–Trinajstić information content (AvgIpc) is 3.81. The first-order valence-corrected chi connectivity index (χ1v) is 16.2. The molecule has 5 nitrogen and oxygen atoms in total. The largest absolute Gasteiger partial charge is 2.00 e. The Bertz CT molecular complexity index is 2650. The molecule has 2 aliphatic rings. The van der Waals surface area contributed by atoms with Crippen molar-refractivity contribution in [1.82, 2.24) is 14.1 Å². The topological polar surface area (TPSA) is 44.3 Å². The zero-order valence-electron chi connectivity index (χ0n) is 26.7. The quantitative estimate of drug-likeness (QED) is 0.167. The summed E-state index contributed by atoms with van der Waals surface area (Å²) in [7, 11) is 0. The molecular formula is C42H30N4OPt. The van der Waals surface area contributed by atoms with Crippen molar-refractivity contribution in [3.8, 4) is 11.4 Å². The van der Waals surface area contributed by atoms with Gasteiger partial charge in [0.15, 0.2) is 0 Å². The predicted molar refractivity (Wildman–Crippen MR) is 189 cm³/mol. The second kappa shape index (κ2) is 10.8. The van der Waals surface area contributed by atoms with Gasteiger partial charge in [-0.1, -0.05) is 77.3 Å². The second-order valence-electron chi connectivity index (χ2n) is 13.1. The Balaban J connectivity index is 0.00000314. The number of pyridine rings is 1. The van der Waals surface area contributed by atoms with Gasteiger partial charge in [0.25, 0.3) is 0 Å². The molecule has 5 aromatic carbocycles. The first kappa shape index (κ1) is 29.2. The van der Waals surface area contributed by atoms with Crippen molar-refractivity contribution in [3.05, 3.63) is 149 Å². The van der Waals surface area contributed by atoms with Gasteiger partial charge in [0, 0.05) is 22.5 Å². The van der Waals surface area contributed by atoms with Crippen LogP contribution in [-0.2, 0) is 32.2 Å². The van der Waals surface area contributed by atoms with E-state index in [0.29, 0.717) is 5.90 Å². The molecule has 4 heterocycles. The third-order valence-corrected chi connectivity index (χ3v) is 9.87. The fourth-order valence-electron chi connectivity index (χ4n) is 7.79. The number of nitrogens with zero attached hydrogens (tertiary/aromatic N) is 4. The minimum atomic E-state index is -0.0331. The molecule has 0 N–H and O–H groups in total. The Kier molecular flexibility index (Phi) is 6.54. The van der Waals surface area contributed by atoms with Crippen molar-refractivity contribution in [2.24, 2.45) is 4.99 Å². The van der Waals surface area contributed by atoms with Crippen molar-refractivity contribution in [1.29, 1.82) is 0 Å². The van der Waals surface area contributed by atoms with Gasteiger partial charge in [0.1, 0.15) is 17.6 Å². The number of ether oxygens (including phenoxy) is 1. The minimum Gasteiger partial charge on any atom is -0.510 e. The summed E-state index contributed by atoms with van der Waals surface area (Å²) < 4.78 is 11.1. The number of hydrogen-bond donors (Lipinski definition) is 0. The van der Waals surface area contributed by atoms with Crippen LogP contribution in [0.5, 0.6) is 0 Å². The Morgan fingerprint density at radius 2 is 1.46 bits per heavy atom. The van der Waals surface area contributed by atoms with E-state index in [4.69, 9.17) is 14.7 Å². The summed E-state index contributed by atoms with van der Waals surface area (Å²) in [6.45, 7) is 6.41. The van der Waals surface area contributed by atoms with Crippen molar-refractivity contribution in [3.63, 3.8) is 0 Å². The minimum absolute atomic E-state index is 0.